The minimum Gasteiger partial charge on any atom is -0.480 e. The molecule has 0 radical (unpaired) electrons. The van der Waals surface area contributed by atoms with E-state index in [1.54, 1.807) is 38.2 Å². The molecule has 32 heavy (non-hydrogen) atoms. The van der Waals surface area contributed by atoms with Crippen LogP contribution < -0.4 is 4.31 Å². The standard InChI is InChI=1S/C22H21N5O4S/c1-14-4-7-21(25-24-14)26-9-8-17-12-18(5-6-20(17)26)27(13-22(28)29)32(30,31)19-10-15(2)23-16(3)11-19/h4-12H,13H2,1-3H3,(H,28,29). The molecule has 0 spiro atoms. The summed E-state index contributed by atoms with van der Waals surface area (Å²) < 4.78 is 29.5. The summed E-state index contributed by atoms with van der Waals surface area (Å²) in [6.45, 7) is 4.52. The van der Waals surface area contributed by atoms with E-state index in [9.17, 15) is 18.3 Å². The first-order valence-electron chi connectivity index (χ1n) is 9.77. The van der Waals surface area contributed by atoms with Crippen LogP contribution in [0.15, 0.2) is 59.6 Å². The van der Waals surface area contributed by atoms with Gasteiger partial charge in [0.2, 0.25) is 0 Å². The molecule has 0 aliphatic heterocycles. The summed E-state index contributed by atoms with van der Waals surface area (Å²) in [6.07, 6.45) is 1.80. The lowest BCUT2D eigenvalue weighted by atomic mass is 10.2. The normalized spacial score (nSPS) is 11.6. The number of anilines is 1. The van der Waals surface area contributed by atoms with Crippen LogP contribution in [0.3, 0.4) is 0 Å². The summed E-state index contributed by atoms with van der Waals surface area (Å²) in [5, 5.41) is 18.4. The van der Waals surface area contributed by atoms with Crippen molar-refractivity contribution in [2.45, 2.75) is 25.7 Å². The number of benzene rings is 1. The highest BCUT2D eigenvalue weighted by Gasteiger charge is 2.28. The molecule has 3 aromatic heterocycles. The number of nitrogens with zero attached hydrogens (tertiary/aromatic N) is 5. The Balaban J connectivity index is 1.81. The van der Waals surface area contributed by atoms with Gasteiger partial charge in [0.15, 0.2) is 5.82 Å². The van der Waals surface area contributed by atoms with Gasteiger partial charge < -0.3 is 5.11 Å². The maximum atomic E-state index is 13.4. The average molecular weight is 452 g/mol. The van der Waals surface area contributed by atoms with Crippen LogP contribution in [0.2, 0.25) is 0 Å². The van der Waals surface area contributed by atoms with E-state index in [0.717, 1.165) is 20.9 Å². The van der Waals surface area contributed by atoms with Gasteiger partial charge in [-0.2, -0.15) is 5.10 Å². The summed E-state index contributed by atoms with van der Waals surface area (Å²) in [5.41, 5.74) is 2.90. The van der Waals surface area contributed by atoms with Gasteiger partial charge >= 0.3 is 5.97 Å². The third kappa shape index (κ3) is 4.04. The molecule has 1 N–H and O–H groups in total. The van der Waals surface area contributed by atoms with Crippen LogP contribution in [-0.4, -0.2) is 45.8 Å². The van der Waals surface area contributed by atoms with Gasteiger partial charge in [0.1, 0.15) is 6.54 Å². The van der Waals surface area contributed by atoms with Crippen LogP contribution in [0, 0.1) is 20.8 Å². The second-order valence-electron chi connectivity index (χ2n) is 7.45. The summed E-state index contributed by atoms with van der Waals surface area (Å²) in [7, 11) is -4.13. The second-order valence-corrected chi connectivity index (χ2v) is 9.32. The van der Waals surface area contributed by atoms with E-state index in [1.807, 2.05) is 29.7 Å². The van der Waals surface area contributed by atoms with E-state index in [-0.39, 0.29) is 10.6 Å². The number of aryl methyl sites for hydroxylation is 3. The first kappa shape index (κ1) is 21.4. The topological polar surface area (TPSA) is 118 Å². The Labute approximate surface area is 185 Å². The van der Waals surface area contributed by atoms with Gasteiger partial charge in [-0.05, 0) is 69.3 Å². The zero-order valence-electron chi connectivity index (χ0n) is 17.7. The maximum Gasteiger partial charge on any atom is 0.324 e. The maximum absolute atomic E-state index is 13.4. The third-order valence-corrected chi connectivity index (χ3v) is 6.67. The number of carbonyl (C=O) groups is 1. The molecular weight excluding hydrogens is 430 g/mol. The van der Waals surface area contributed by atoms with Crippen LogP contribution in [0.1, 0.15) is 17.1 Å². The lowest BCUT2D eigenvalue weighted by Gasteiger charge is -2.23. The molecule has 0 amide bonds. The third-order valence-electron chi connectivity index (χ3n) is 4.91. The number of carboxylic acid groups (broad SMARTS) is 1. The van der Waals surface area contributed by atoms with E-state index >= 15 is 0 Å². The quantitative estimate of drug-likeness (QED) is 0.479. The number of pyridine rings is 1. The Morgan fingerprint density at radius 2 is 1.69 bits per heavy atom. The van der Waals surface area contributed by atoms with Crippen LogP contribution in [0.5, 0.6) is 0 Å². The molecule has 0 fully saturated rings. The van der Waals surface area contributed by atoms with Crippen molar-refractivity contribution in [2.75, 3.05) is 10.8 Å². The molecule has 0 unspecified atom stereocenters. The molecule has 3 heterocycles. The van der Waals surface area contributed by atoms with E-state index in [0.29, 0.717) is 17.2 Å². The van der Waals surface area contributed by atoms with Crippen molar-refractivity contribution >= 4 is 32.6 Å². The van der Waals surface area contributed by atoms with Gasteiger partial charge in [-0.1, -0.05) is 0 Å². The Morgan fingerprint density at radius 3 is 2.31 bits per heavy atom. The number of rotatable bonds is 6. The van der Waals surface area contributed by atoms with Crippen LogP contribution in [0.25, 0.3) is 16.7 Å². The fourth-order valence-electron chi connectivity index (χ4n) is 3.52. The molecule has 0 saturated carbocycles. The summed E-state index contributed by atoms with van der Waals surface area (Å²) >= 11 is 0. The molecular formula is C22H21N5O4S. The minimum absolute atomic E-state index is 0.00338. The van der Waals surface area contributed by atoms with Crippen LogP contribution in [-0.2, 0) is 14.8 Å². The van der Waals surface area contributed by atoms with Crippen molar-refractivity contribution in [1.29, 1.82) is 0 Å². The lowest BCUT2D eigenvalue weighted by Crippen LogP contribution is -2.35. The molecule has 0 aliphatic rings. The largest absolute Gasteiger partial charge is 0.480 e. The number of hydrogen-bond donors (Lipinski definition) is 1. The minimum atomic E-state index is -4.13. The van der Waals surface area contributed by atoms with E-state index < -0.39 is 22.5 Å². The van der Waals surface area contributed by atoms with Crippen LogP contribution in [0.4, 0.5) is 5.69 Å². The van der Waals surface area contributed by atoms with Crippen LogP contribution >= 0.6 is 0 Å². The fourth-order valence-corrected chi connectivity index (χ4v) is 5.08. The number of aliphatic carboxylic acids is 1. The molecule has 0 aliphatic carbocycles. The molecule has 4 rings (SSSR count). The Morgan fingerprint density at radius 1 is 0.969 bits per heavy atom. The zero-order valence-corrected chi connectivity index (χ0v) is 18.5. The van der Waals surface area contributed by atoms with Crippen molar-refractivity contribution in [3.63, 3.8) is 0 Å². The van der Waals surface area contributed by atoms with Crippen molar-refractivity contribution in [3.05, 3.63) is 71.8 Å². The molecule has 4 aromatic rings. The summed E-state index contributed by atoms with van der Waals surface area (Å²) in [6, 6.07) is 13.3. The fraction of sp³-hybridized carbons (Fsp3) is 0.182. The molecule has 164 valence electrons. The van der Waals surface area contributed by atoms with Crippen molar-refractivity contribution in [2.24, 2.45) is 0 Å². The highest BCUT2D eigenvalue weighted by atomic mass is 32.2. The highest BCUT2D eigenvalue weighted by Crippen LogP contribution is 2.29. The van der Waals surface area contributed by atoms with E-state index in [1.165, 1.54) is 12.1 Å². The van der Waals surface area contributed by atoms with Crippen molar-refractivity contribution < 1.29 is 18.3 Å². The smallest absolute Gasteiger partial charge is 0.324 e. The summed E-state index contributed by atoms with van der Waals surface area (Å²) in [4.78, 5) is 15.7. The zero-order chi connectivity index (χ0) is 23.0. The molecule has 0 bridgehead atoms. The second kappa shape index (κ2) is 8.04. The number of aromatic nitrogens is 4. The Bertz CT molecular complexity index is 1410. The van der Waals surface area contributed by atoms with Crippen molar-refractivity contribution in [1.82, 2.24) is 19.7 Å². The molecule has 9 nitrogen and oxygen atoms in total. The predicted molar refractivity (Wildman–Crippen MR) is 119 cm³/mol. The van der Waals surface area contributed by atoms with Gasteiger partial charge in [0.25, 0.3) is 10.0 Å². The van der Waals surface area contributed by atoms with Crippen molar-refractivity contribution in [3.8, 4) is 5.82 Å². The Hall–Kier alpha value is -3.79. The average Bonchev–Trinajstić information content (AvgIpc) is 3.15. The monoisotopic (exact) mass is 451 g/mol. The first-order valence-corrected chi connectivity index (χ1v) is 11.2. The lowest BCUT2D eigenvalue weighted by molar-refractivity contribution is -0.135. The highest BCUT2D eigenvalue weighted by molar-refractivity contribution is 7.92. The molecule has 0 saturated heterocycles. The number of fused-ring (bicyclic) bond motifs is 1. The van der Waals surface area contributed by atoms with Gasteiger partial charge in [-0.3, -0.25) is 18.7 Å². The molecule has 1 aromatic carbocycles. The van der Waals surface area contributed by atoms with Gasteiger partial charge in [-0.15, -0.1) is 5.10 Å². The number of hydrogen-bond acceptors (Lipinski definition) is 6. The van der Waals surface area contributed by atoms with Gasteiger partial charge in [0, 0.05) is 23.0 Å². The van der Waals surface area contributed by atoms with Gasteiger partial charge in [-0.25, -0.2) is 8.42 Å². The Kier molecular flexibility index (Phi) is 5.39. The summed E-state index contributed by atoms with van der Waals surface area (Å²) in [5.74, 6) is -0.639. The predicted octanol–water partition coefficient (Wildman–Crippen LogP) is 3.02. The SMILES string of the molecule is Cc1ccc(-n2ccc3cc(N(CC(=O)O)S(=O)(=O)c4cc(C)nc(C)c4)ccc32)nn1. The first-order chi connectivity index (χ1) is 15.1. The molecule has 10 heteroatoms. The number of sulfonamides is 1. The van der Waals surface area contributed by atoms with E-state index in [2.05, 4.69) is 15.2 Å². The van der Waals surface area contributed by atoms with Gasteiger partial charge in [0.05, 0.1) is 21.8 Å². The van der Waals surface area contributed by atoms with E-state index in [4.69, 9.17) is 0 Å². The number of carboxylic acids is 1. The molecule has 0 atom stereocenters.